The average Bonchev–Trinajstić information content (AvgIpc) is 3.27. The SMILES string of the molecule is CCNC(=NCC1CCN(Cc2nc(C)c(C)o2)CC1)NC1CCC(SCC)C1. The summed E-state index contributed by atoms with van der Waals surface area (Å²) in [4.78, 5) is 11.9. The van der Waals surface area contributed by atoms with Crippen LogP contribution in [0.2, 0.25) is 0 Å². The zero-order chi connectivity index (χ0) is 20.6. The van der Waals surface area contributed by atoms with Gasteiger partial charge in [0.05, 0.1) is 12.2 Å². The van der Waals surface area contributed by atoms with Crippen molar-refractivity contribution in [1.29, 1.82) is 0 Å². The standard InChI is InChI=1S/C22H39N5OS/c1-5-23-22(26-19-7-8-20(13-19)29-6-2)24-14-18-9-11-27(12-10-18)15-21-25-16(3)17(4)28-21/h18-20H,5-15H2,1-4H3,(H2,23,24,26). The van der Waals surface area contributed by atoms with Gasteiger partial charge in [0.1, 0.15) is 5.76 Å². The average molecular weight is 422 g/mol. The zero-order valence-corrected chi connectivity index (χ0v) is 19.5. The van der Waals surface area contributed by atoms with Gasteiger partial charge in [-0.3, -0.25) is 9.89 Å². The summed E-state index contributed by atoms with van der Waals surface area (Å²) in [6.45, 7) is 13.3. The number of oxazole rings is 1. The van der Waals surface area contributed by atoms with Crippen molar-refractivity contribution in [3.63, 3.8) is 0 Å². The molecule has 2 atom stereocenters. The molecule has 0 aromatic carbocycles. The molecule has 29 heavy (non-hydrogen) atoms. The highest BCUT2D eigenvalue weighted by atomic mass is 32.2. The van der Waals surface area contributed by atoms with E-state index in [0.29, 0.717) is 12.0 Å². The van der Waals surface area contributed by atoms with Crippen LogP contribution in [-0.2, 0) is 6.54 Å². The lowest BCUT2D eigenvalue weighted by Crippen LogP contribution is -2.43. The summed E-state index contributed by atoms with van der Waals surface area (Å²) in [7, 11) is 0. The van der Waals surface area contributed by atoms with Crippen molar-refractivity contribution in [3.8, 4) is 0 Å². The summed E-state index contributed by atoms with van der Waals surface area (Å²) in [6, 6.07) is 0.575. The Hall–Kier alpha value is -1.21. The summed E-state index contributed by atoms with van der Waals surface area (Å²) in [5.74, 6) is 4.69. The molecule has 0 amide bonds. The number of hydrogen-bond acceptors (Lipinski definition) is 5. The number of guanidine groups is 1. The summed E-state index contributed by atoms with van der Waals surface area (Å²) >= 11 is 2.11. The van der Waals surface area contributed by atoms with Crippen LogP contribution in [0.1, 0.15) is 63.3 Å². The molecular weight excluding hydrogens is 382 g/mol. The van der Waals surface area contributed by atoms with Crippen LogP contribution in [-0.4, -0.2) is 59.1 Å². The minimum Gasteiger partial charge on any atom is -0.444 e. The maximum Gasteiger partial charge on any atom is 0.208 e. The highest BCUT2D eigenvalue weighted by Gasteiger charge is 2.25. The molecule has 2 fully saturated rings. The number of aromatic nitrogens is 1. The van der Waals surface area contributed by atoms with E-state index in [1.807, 2.05) is 13.8 Å². The molecule has 0 bridgehead atoms. The van der Waals surface area contributed by atoms with Crippen molar-refractivity contribution in [2.24, 2.45) is 10.9 Å². The van der Waals surface area contributed by atoms with Gasteiger partial charge in [-0.15, -0.1) is 0 Å². The molecule has 1 aliphatic carbocycles. The third kappa shape index (κ3) is 6.92. The third-order valence-corrected chi connectivity index (χ3v) is 7.35. The van der Waals surface area contributed by atoms with Crippen molar-refractivity contribution in [3.05, 3.63) is 17.3 Å². The molecule has 2 heterocycles. The molecule has 0 radical (unpaired) electrons. The van der Waals surface area contributed by atoms with Gasteiger partial charge in [-0.1, -0.05) is 6.92 Å². The molecule has 164 valence electrons. The first-order chi connectivity index (χ1) is 14.1. The highest BCUT2D eigenvalue weighted by molar-refractivity contribution is 7.99. The Morgan fingerprint density at radius 3 is 2.66 bits per heavy atom. The second-order valence-corrected chi connectivity index (χ2v) is 10.00. The van der Waals surface area contributed by atoms with E-state index in [-0.39, 0.29) is 0 Å². The van der Waals surface area contributed by atoms with Gasteiger partial charge in [0, 0.05) is 24.4 Å². The number of likely N-dealkylation sites (tertiary alicyclic amines) is 1. The maximum absolute atomic E-state index is 5.74. The molecule has 2 aliphatic rings. The third-order valence-electron chi connectivity index (χ3n) is 6.12. The van der Waals surface area contributed by atoms with E-state index in [1.54, 1.807) is 0 Å². The Morgan fingerprint density at radius 1 is 1.21 bits per heavy atom. The molecule has 1 aromatic heterocycles. The number of nitrogens with one attached hydrogen (secondary N) is 2. The lowest BCUT2D eigenvalue weighted by atomic mass is 9.97. The minimum absolute atomic E-state index is 0.575. The Kier molecular flexibility index (Phi) is 8.72. The Bertz CT molecular complexity index is 634. The van der Waals surface area contributed by atoms with Crippen LogP contribution in [0.4, 0.5) is 0 Å². The van der Waals surface area contributed by atoms with E-state index in [4.69, 9.17) is 9.41 Å². The fraction of sp³-hybridized carbons (Fsp3) is 0.818. The predicted octanol–water partition coefficient (Wildman–Crippen LogP) is 3.73. The fourth-order valence-corrected chi connectivity index (χ4v) is 5.46. The van der Waals surface area contributed by atoms with Crippen molar-refractivity contribution >= 4 is 17.7 Å². The van der Waals surface area contributed by atoms with E-state index in [2.05, 4.69) is 46.1 Å². The number of thioether (sulfide) groups is 1. The molecule has 0 spiro atoms. The lowest BCUT2D eigenvalue weighted by molar-refractivity contribution is 0.166. The molecule has 1 saturated heterocycles. The van der Waals surface area contributed by atoms with Crippen LogP contribution in [0, 0.1) is 19.8 Å². The summed E-state index contributed by atoms with van der Waals surface area (Å²) < 4.78 is 5.74. The van der Waals surface area contributed by atoms with Gasteiger partial charge in [0.15, 0.2) is 5.96 Å². The minimum atomic E-state index is 0.575. The quantitative estimate of drug-likeness (QED) is 0.492. The topological polar surface area (TPSA) is 65.7 Å². The van der Waals surface area contributed by atoms with Gasteiger partial charge in [-0.05, 0) is 77.6 Å². The Morgan fingerprint density at radius 2 is 2.00 bits per heavy atom. The maximum atomic E-state index is 5.74. The molecule has 1 aliphatic heterocycles. The van der Waals surface area contributed by atoms with Gasteiger partial charge in [-0.2, -0.15) is 11.8 Å². The number of hydrogen-bond donors (Lipinski definition) is 2. The number of piperidine rings is 1. The van der Waals surface area contributed by atoms with E-state index in [0.717, 1.165) is 61.3 Å². The largest absolute Gasteiger partial charge is 0.444 e. The molecule has 2 unspecified atom stereocenters. The lowest BCUT2D eigenvalue weighted by Gasteiger charge is -2.30. The van der Waals surface area contributed by atoms with E-state index in [9.17, 15) is 0 Å². The number of nitrogens with zero attached hydrogens (tertiary/aromatic N) is 3. The Labute approximate surface area is 180 Å². The van der Waals surface area contributed by atoms with Gasteiger partial charge in [-0.25, -0.2) is 4.98 Å². The van der Waals surface area contributed by atoms with Crippen molar-refractivity contribution in [2.45, 2.75) is 77.6 Å². The van der Waals surface area contributed by atoms with Crippen LogP contribution >= 0.6 is 11.8 Å². The number of rotatable bonds is 8. The molecule has 7 heteroatoms. The first kappa shape index (κ1) is 22.5. The second kappa shape index (κ2) is 11.3. The second-order valence-electron chi connectivity index (χ2n) is 8.42. The van der Waals surface area contributed by atoms with E-state index in [1.165, 1.54) is 37.9 Å². The van der Waals surface area contributed by atoms with Crippen LogP contribution in [0.25, 0.3) is 0 Å². The highest BCUT2D eigenvalue weighted by Crippen LogP contribution is 2.29. The number of aryl methyl sites for hydroxylation is 2. The van der Waals surface area contributed by atoms with E-state index < -0.39 is 0 Å². The van der Waals surface area contributed by atoms with Crippen molar-refractivity contribution in [1.82, 2.24) is 20.5 Å². The smallest absolute Gasteiger partial charge is 0.208 e. The number of aliphatic imine (C=N–C) groups is 1. The molecular formula is C22H39N5OS. The summed E-state index contributed by atoms with van der Waals surface area (Å²) in [6.07, 6.45) is 6.25. The van der Waals surface area contributed by atoms with Crippen LogP contribution in [0.15, 0.2) is 9.41 Å². The normalized spacial score (nSPS) is 24.2. The van der Waals surface area contributed by atoms with Crippen LogP contribution < -0.4 is 10.6 Å². The molecule has 6 nitrogen and oxygen atoms in total. The Balaban J connectivity index is 1.42. The predicted molar refractivity (Wildman–Crippen MR) is 123 cm³/mol. The fourth-order valence-electron chi connectivity index (χ4n) is 4.32. The molecule has 1 aromatic rings. The van der Waals surface area contributed by atoms with Crippen LogP contribution in [0.3, 0.4) is 0 Å². The van der Waals surface area contributed by atoms with Gasteiger partial charge in [0.25, 0.3) is 0 Å². The molecule has 3 rings (SSSR count). The molecule has 1 saturated carbocycles. The van der Waals surface area contributed by atoms with E-state index >= 15 is 0 Å². The zero-order valence-electron chi connectivity index (χ0n) is 18.7. The van der Waals surface area contributed by atoms with Gasteiger partial charge in [0.2, 0.25) is 5.89 Å². The van der Waals surface area contributed by atoms with Crippen molar-refractivity contribution in [2.75, 3.05) is 31.9 Å². The monoisotopic (exact) mass is 421 g/mol. The first-order valence-electron chi connectivity index (χ1n) is 11.4. The summed E-state index contributed by atoms with van der Waals surface area (Å²) in [5.41, 5.74) is 1.01. The summed E-state index contributed by atoms with van der Waals surface area (Å²) in [5, 5.41) is 7.95. The molecule has 2 N–H and O–H groups in total. The first-order valence-corrected chi connectivity index (χ1v) is 12.4. The van der Waals surface area contributed by atoms with Crippen molar-refractivity contribution < 1.29 is 4.42 Å². The van der Waals surface area contributed by atoms with Gasteiger partial charge >= 0.3 is 0 Å². The van der Waals surface area contributed by atoms with Gasteiger partial charge < -0.3 is 15.1 Å². The van der Waals surface area contributed by atoms with Crippen LogP contribution in [0.5, 0.6) is 0 Å².